The Bertz CT molecular complexity index is 672. The average Bonchev–Trinajstić information content (AvgIpc) is 2.38. The summed E-state index contributed by atoms with van der Waals surface area (Å²) in [6.07, 6.45) is 7.28. The monoisotopic (exact) mass is 221 g/mol. The summed E-state index contributed by atoms with van der Waals surface area (Å²) in [5.74, 6) is 0. The summed E-state index contributed by atoms with van der Waals surface area (Å²) < 4.78 is 0. The van der Waals surface area contributed by atoms with Crippen molar-refractivity contribution in [2.24, 2.45) is 0 Å². The van der Waals surface area contributed by atoms with E-state index < -0.39 is 0 Å². The Labute approximate surface area is 99.2 Å². The summed E-state index contributed by atoms with van der Waals surface area (Å²) >= 11 is 0. The van der Waals surface area contributed by atoms with Crippen LogP contribution in [0.1, 0.15) is 5.69 Å². The number of aromatic nitrogens is 3. The number of nitrogens with zero attached hydrogens (tertiary/aromatic N) is 3. The molecule has 3 heterocycles. The summed E-state index contributed by atoms with van der Waals surface area (Å²) in [6.45, 7) is 1.98. The first-order valence-electron chi connectivity index (χ1n) is 5.46. The minimum atomic E-state index is 0.959. The third-order valence-electron chi connectivity index (χ3n) is 2.74. The minimum absolute atomic E-state index is 0.959. The van der Waals surface area contributed by atoms with Gasteiger partial charge in [-0.25, -0.2) is 0 Å². The molecule has 3 aromatic heterocycles. The molecule has 0 unspecified atom stereocenters. The van der Waals surface area contributed by atoms with Gasteiger partial charge >= 0.3 is 0 Å². The van der Waals surface area contributed by atoms with E-state index in [1.807, 2.05) is 49.8 Å². The Kier molecular flexibility index (Phi) is 2.29. The largest absolute Gasteiger partial charge is 0.264 e. The van der Waals surface area contributed by atoms with E-state index in [-0.39, 0.29) is 0 Å². The molecule has 0 aromatic carbocycles. The van der Waals surface area contributed by atoms with E-state index in [0.717, 1.165) is 27.7 Å². The molecular weight excluding hydrogens is 210 g/mol. The van der Waals surface area contributed by atoms with Crippen molar-refractivity contribution >= 4 is 10.8 Å². The highest BCUT2D eigenvalue weighted by Gasteiger charge is 2.05. The zero-order valence-corrected chi connectivity index (χ0v) is 9.46. The molecule has 0 aliphatic carbocycles. The van der Waals surface area contributed by atoms with Crippen molar-refractivity contribution in [2.45, 2.75) is 6.92 Å². The Balaban J connectivity index is 2.30. The number of rotatable bonds is 1. The van der Waals surface area contributed by atoms with Crippen molar-refractivity contribution < 1.29 is 0 Å². The van der Waals surface area contributed by atoms with E-state index in [1.165, 1.54) is 0 Å². The third-order valence-corrected chi connectivity index (χ3v) is 2.74. The van der Waals surface area contributed by atoms with Crippen LogP contribution in [0.4, 0.5) is 0 Å². The molecule has 0 aliphatic heterocycles. The molecular formula is C14H11N3. The standard InChI is InChI=1S/C14H11N3/c1-10-8-12(4-6-16-10)14-13-9-15-5-2-11(13)3-7-17-14/h2-9H,1H3. The summed E-state index contributed by atoms with van der Waals surface area (Å²) in [5.41, 5.74) is 3.03. The number of pyridine rings is 3. The highest BCUT2D eigenvalue weighted by molar-refractivity contribution is 5.93. The van der Waals surface area contributed by atoms with Crippen molar-refractivity contribution in [1.29, 1.82) is 0 Å². The second-order valence-corrected chi connectivity index (χ2v) is 3.94. The van der Waals surface area contributed by atoms with Gasteiger partial charge in [0.15, 0.2) is 0 Å². The van der Waals surface area contributed by atoms with Crippen LogP contribution in [0.15, 0.2) is 49.1 Å². The van der Waals surface area contributed by atoms with Gasteiger partial charge in [-0.1, -0.05) is 0 Å². The number of hydrogen-bond acceptors (Lipinski definition) is 3. The summed E-state index contributed by atoms with van der Waals surface area (Å²) in [7, 11) is 0. The lowest BCUT2D eigenvalue weighted by Crippen LogP contribution is -1.88. The van der Waals surface area contributed by atoms with Crippen LogP contribution in [-0.4, -0.2) is 15.0 Å². The molecule has 0 N–H and O–H groups in total. The Morgan fingerprint density at radius 1 is 0.941 bits per heavy atom. The smallest absolute Gasteiger partial charge is 0.0796 e. The highest BCUT2D eigenvalue weighted by atomic mass is 14.7. The van der Waals surface area contributed by atoms with Crippen LogP contribution in [-0.2, 0) is 0 Å². The van der Waals surface area contributed by atoms with Crippen molar-refractivity contribution in [3.05, 3.63) is 54.7 Å². The molecule has 0 saturated carbocycles. The molecule has 0 radical (unpaired) electrons. The van der Waals surface area contributed by atoms with E-state index >= 15 is 0 Å². The predicted molar refractivity (Wildman–Crippen MR) is 67.5 cm³/mol. The second-order valence-electron chi connectivity index (χ2n) is 3.94. The lowest BCUT2D eigenvalue weighted by atomic mass is 10.1. The summed E-state index contributed by atoms with van der Waals surface area (Å²) in [5, 5.41) is 2.22. The Morgan fingerprint density at radius 2 is 1.76 bits per heavy atom. The lowest BCUT2D eigenvalue weighted by Gasteiger charge is -2.05. The molecule has 0 spiro atoms. The van der Waals surface area contributed by atoms with Gasteiger partial charge in [0.1, 0.15) is 0 Å². The first kappa shape index (κ1) is 9.90. The van der Waals surface area contributed by atoms with Gasteiger partial charge in [0.05, 0.1) is 5.69 Å². The van der Waals surface area contributed by atoms with Gasteiger partial charge < -0.3 is 0 Å². The maximum absolute atomic E-state index is 4.45. The van der Waals surface area contributed by atoms with Gasteiger partial charge in [-0.2, -0.15) is 0 Å². The zero-order chi connectivity index (χ0) is 11.7. The van der Waals surface area contributed by atoms with Gasteiger partial charge in [0.2, 0.25) is 0 Å². The SMILES string of the molecule is Cc1cc(-c2nccc3ccncc23)ccn1. The number of aryl methyl sites for hydroxylation is 1. The fraction of sp³-hybridized carbons (Fsp3) is 0.0714. The molecule has 17 heavy (non-hydrogen) atoms. The Hall–Kier alpha value is -2.29. The molecule has 0 saturated heterocycles. The zero-order valence-electron chi connectivity index (χ0n) is 9.46. The number of fused-ring (bicyclic) bond motifs is 1. The maximum atomic E-state index is 4.45. The summed E-state index contributed by atoms with van der Waals surface area (Å²) in [6, 6.07) is 8.00. The topological polar surface area (TPSA) is 38.7 Å². The van der Waals surface area contributed by atoms with Gasteiger partial charge in [-0.15, -0.1) is 0 Å². The molecule has 0 bridgehead atoms. The van der Waals surface area contributed by atoms with Crippen LogP contribution < -0.4 is 0 Å². The first-order valence-corrected chi connectivity index (χ1v) is 5.46. The quantitative estimate of drug-likeness (QED) is 0.634. The number of hydrogen-bond donors (Lipinski definition) is 0. The van der Waals surface area contributed by atoms with Gasteiger partial charge in [-0.3, -0.25) is 15.0 Å². The van der Waals surface area contributed by atoms with Crippen LogP contribution in [0, 0.1) is 6.92 Å². The van der Waals surface area contributed by atoms with Crippen molar-refractivity contribution in [3.63, 3.8) is 0 Å². The normalized spacial score (nSPS) is 10.6. The maximum Gasteiger partial charge on any atom is 0.0796 e. The molecule has 0 atom stereocenters. The second kappa shape index (κ2) is 3.94. The van der Waals surface area contributed by atoms with Crippen LogP contribution >= 0.6 is 0 Å². The van der Waals surface area contributed by atoms with Crippen molar-refractivity contribution in [3.8, 4) is 11.3 Å². The van der Waals surface area contributed by atoms with E-state index in [2.05, 4.69) is 15.0 Å². The minimum Gasteiger partial charge on any atom is -0.264 e. The van der Waals surface area contributed by atoms with Gasteiger partial charge in [0, 0.05) is 41.4 Å². The molecule has 3 heteroatoms. The molecule has 0 amide bonds. The Morgan fingerprint density at radius 3 is 2.65 bits per heavy atom. The van der Waals surface area contributed by atoms with Crippen LogP contribution in [0.25, 0.3) is 22.0 Å². The van der Waals surface area contributed by atoms with Crippen molar-refractivity contribution in [1.82, 2.24) is 15.0 Å². The fourth-order valence-corrected chi connectivity index (χ4v) is 1.93. The average molecular weight is 221 g/mol. The molecule has 0 fully saturated rings. The molecule has 3 rings (SSSR count). The third kappa shape index (κ3) is 1.76. The molecule has 3 nitrogen and oxygen atoms in total. The molecule has 3 aromatic rings. The van der Waals surface area contributed by atoms with Crippen LogP contribution in [0.5, 0.6) is 0 Å². The fourth-order valence-electron chi connectivity index (χ4n) is 1.93. The van der Waals surface area contributed by atoms with E-state index in [0.29, 0.717) is 0 Å². The summed E-state index contributed by atoms with van der Waals surface area (Å²) in [4.78, 5) is 12.8. The lowest BCUT2D eigenvalue weighted by molar-refractivity contribution is 1.20. The molecule has 82 valence electrons. The van der Waals surface area contributed by atoms with Gasteiger partial charge in [0.25, 0.3) is 0 Å². The van der Waals surface area contributed by atoms with Gasteiger partial charge in [-0.05, 0) is 36.6 Å². The predicted octanol–water partition coefficient (Wildman–Crippen LogP) is 3.00. The highest BCUT2D eigenvalue weighted by Crippen LogP contribution is 2.25. The van der Waals surface area contributed by atoms with Crippen LogP contribution in [0.3, 0.4) is 0 Å². The van der Waals surface area contributed by atoms with E-state index in [4.69, 9.17) is 0 Å². The van der Waals surface area contributed by atoms with Crippen molar-refractivity contribution in [2.75, 3.05) is 0 Å². The van der Waals surface area contributed by atoms with E-state index in [9.17, 15) is 0 Å². The molecule has 0 aliphatic rings. The van der Waals surface area contributed by atoms with Crippen LogP contribution in [0.2, 0.25) is 0 Å². The van der Waals surface area contributed by atoms with E-state index in [1.54, 1.807) is 6.20 Å². The first-order chi connectivity index (χ1) is 8.34.